The maximum absolute atomic E-state index is 11.6. The molecule has 0 bridgehead atoms. The lowest BCUT2D eigenvalue weighted by Crippen LogP contribution is -2.24. The standard InChI is InChI=1S/C10H14N2O5/c1-10(2,3)17-9(15)7-12-6(8(13)14)5(4-11)16-7/h4,11H2,1-3H3,(H,13,14). The van der Waals surface area contributed by atoms with E-state index >= 15 is 0 Å². The number of ether oxygens (including phenoxy) is 1. The van der Waals surface area contributed by atoms with Gasteiger partial charge in [-0.1, -0.05) is 0 Å². The summed E-state index contributed by atoms with van der Waals surface area (Å²) in [5.41, 5.74) is 4.20. The fourth-order valence-electron chi connectivity index (χ4n) is 1.07. The molecule has 94 valence electrons. The summed E-state index contributed by atoms with van der Waals surface area (Å²) in [6.07, 6.45) is 0. The average Bonchev–Trinajstić information content (AvgIpc) is 2.58. The fourth-order valence-corrected chi connectivity index (χ4v) is 1.07. The molecule has 0 spiro atoms. The predicted octanol–water partition coefficient (Wildman–Crippen LogP) is 0.787. The lowest BCUT2D eigenvalue weighted by atomic mass is 10.2. The number of esters is 1. The normalized spacial score (nSPS) is 11.3. The number of carbonyl (C=O) groups is 2. The molecular weight excluding hydrogens is 228 g/mol. The third-order valence-electron chi connectivity index (χ3n) is 1.66. The van der Waals surface area contributed by atoms with E-state index < -0.39 is 23.4 Å². The minimum absolute atomic E-state index is 0.0571. The number of carboxylic acid groups (broad SMARTS) is 1. The molecule has 17 heavy (non-hydrogen) atoms. The molecule has 1 heterocycles. The van der Waals surface area contributed by atoms with E-state index in [2.05, 4.69) is 4.98 Å². The van der Waals surface area contributed by atoms with Crippen molar-refractivity contribution in [1.82, 2.24) is 4.98 Å². The number of rotatable bonds is 3. The molecule has 3 N–H and O–H groups in total. The topological polar surface area (TPSA) is 116 Å². The highest BCUT2D eigenvalue weighted by molar-refractivity contribution is 5.90. The first kappa shape index (κ1) is 13.2. The Kier molecular flexibility index (Phi) is 3.52. The molecule has 1 rings (SSSR count). The van der Waals surface area contributed by atoms with Crippen molar-refractivity contribution in [3.05, 3.63) is 17.3 Å². The van der Waals surface area contributed by atoms with E-state index in [0.717, 1.165) is 0 Å². The zero-order valence-corrected chi connectivity index (χ0v) is 9.81. The number of hydrogen-bond donors (Lipinski definition) is 2. The van der Waals surface area contributed by atoms with Crippen molar-refractivity contribution in [2.75, 3.05) is 0 Å². The number of carbonyl (C=O) groups excluding carboxylic acids is 1. The van der Waals surface area contributed by atoms with Gasteiger partial charge in [-0.15, -0.1) is 0 Å². The van der Waals surface area contributed by atoms with Crippen molar-refractivity contribution in [3.63, 3.8) is 0 Å². The molecule has 0 unspecified atom stereocenters. The maximum atomic E-state index is 11.6. The van der Waals surface area contributed by atoms with Crippen LogP contribution in [0, 0.1) is 0 Å². The molecule has 0 atom stereocenters. The van der Waals surface area contributed by atoms with Gasteiger partial charge < -0.3 is 20.0 Å². The van der Waals surface area contributed by atoms with Crippen LogP contribution in [0.1, 0.15) is 47.7 Å². The Hall–Kier alpha value is -1.89. The average molecular weight is 242 g/mol. The molecule has 0 aliphatic carbocycles. The van der Waals surface area contributed by atoms with Crippen molar-refractivity contribution in [3.8, 4) is 0 Å². The van der Waals surface area contributed by atoms with Gasteiger partial charge in [0.1, 0.15) is 5.60 Å². The van der Waals surface area contributed by atoms with Crippen LogP contribution in [0.5, 0.6) is 0 Å². The van der Waals surface area contributed by atoms with E-state index in [0.29, 0.717) is 0 Å². The molecule has 0 fully saturated rings. The molecule has 7 heteroatoms. The summed E-state index contributed by atoms with van der Waals surface area (Å²) < 4.78 is 9.93. The second-order valence-electron chi connectivity index (χ2n) is 4.30. The molecule has 0 radical (unpaired) electrons. The molecule has 0 aliphatic heterocycles. The van der Waals surface area contributed by atoms with Crippen LogP contribution in [0.3, 0.4) is 0 Å². The van der Waals surface area contributed by atoms with Crippen LogP contribution >= 0.6 is 0 Å². The molecule has 1 aromatic rings. The summed E-state index contributed by atoms with van der Waals surface area (Å²) >= 11 is 0. The Morgan fingerprint density at radius 2 is 2.06 bits per heavy atom. The zero-order valence-electron chi connectivity index (χ0n) is 9.81. The molecular formula is C10H14N2O5. The van der Waals surface area contributed by atoms with Crippen LogP contribution in [-0.2, 0) is 11.3 Å². The molecule has 0 saturated carbocycles. The monoisotopic (exact) mass is 242 g/mol. The van der Waals surface area contributed by atoms with Gasteiger partial charge in [-0.2, -0.15) is 4.98 Å². The van der Waals surface area contributed by atoms with Gasteiger partial charge in [-0.3, -0.25) is 0 Å². The van der Waals surface area contributed by atoms with E-state index in [9.17, 15) is 9.59 Å². The van der Waals surface area contributed by atoms with Gasteiger partial charge in [0.15, 0.2) is 11.5 Å². The summed E-state index contributed by atoms with van der Waals surface area (Å²) in [6.45, 7) is 4.87. The molecule has 0 amide bonds. The van der Waals surface area contributed by atoms with E-state index in [-0.39, 0.29) is 18.0 Å². The van der Waals surface area contributed by atoms with Crippen LogP contribution in [0.25, 0.3) is 0 Å². The largest absolute Gasteiger partial charge is 0.476 e. The smallest absolute Gasteiger partial charge is 0.395 e. The Balaban J connectivity index is 3.00. The maximum Gasteiger partial charge on any atom is 0.395 e. The van der Waals surface area contributed by atoms with Crippen LogP contribution < -0.4 is 5.73 Å². The minimum Gasteiger partial charge on any atom is -0.476 e. The first-order valence-electron chi connectivity index (χ1n) is 4.91. The second kappa shape index (κ2) is 4.54. The van der Waals surface area contributed by atoms with Gasteiger partial charge in [0.05, 0.1) is 6.54 Å². The number of nitrogens with two attached hydrogens (primary N) is 1. The zero-order chi connectivity index (χ0) is 13.2. The Labute approximate surface area is 97.6 Å². The summed E-state index contributed by atoms with van der Waals surface area (Å²) in [5, 5.41) is 8.79. The third kappa shape index (κ3) is 3.28. The van der Waals surface area contributed by atoms with Gasteiger partial charge in [-0.05, 0) is 20.8 Å². The highest BCUT2D eigenvalue weighted by Gasteiger charge is 2.26. The van der Waals surface area contributed by atoms with E-state index in [4.69, 9.17) is 20.0 Å². The van der Waals surface area contributed by atoms with Gasteiger partial charge in [-0.25, -0.2) is 9.59 Å². The van der Waals surface area contributed by atoms with Crippen molar-refractivity contribution < 1.29 is 23.8 Å². The Morgan fingerprint density at radius 1 is 1.47 bits per heavy atom. The predicted molar refractivity (Wildman–Crippen MR) is 56.5 cm³/mol. The highest BCUT2D eigenvalue weighted by Crippen LogP contribution is 2.15. The lowest BCUT2D eigenvalue weighted by molar-refractivity contribution is 0.00257. The summed E-state index contributed by atoms with van der Waals surface area (Å²) in [7, 11) is 0. The number of aromatic nitrogens is 1. The van der Waals surface area contributed by atoms with E-state index in [1.807, 2.05) is 0 Å². The summed E-state index contributed by atoms with van der Waals surface area (Å²) in [4.78, 5) is 25.9. The van der Waals surface area contributed by atoms with Crippen molar-refractivity contribution in [2.45, 2.75) is 32.9 Å². The highest BCUT2D eigenvalue weighted by atomic mass is 16.6. The quantitative estimate of drug-likeness (QED) is 0.752. The Bertz CT molecular complexity index is 444. The number of aromatic carboxylic acids is 1. The van der Waals surface area contributed by atoms with Gasteiger partial charge in [0.2, 0.25) is 0 Å². The van der Waals surface area contributed by atoms with Crippen molar-refractivity contribution in [1.29, 1.82) is 0 Å². The number of oxazole rings is 1. The number of carboxylic acids is 1. The number of nitrogens with zero attached hydrogens (tertiary/aromatic N) is 1. The first-order valence-corrected chi connectivity index (χ1v) is 4.91. The van der Waals surface area contributed by atoms with E-state index in [1.54, 1.807) is 20.8 Å². The Morgan fingerprint density at radius 3 is 2.41 bits per heavy atom. The van der Waals surface area contributed by atoms with Crippen LogP contribution in [0.15, 0.2) is 4.42 Å². The van der Waals surface area contributed by atoms with Gasteiger partial charge >= 0.3 is 17.8 Å². The van der Waals surface area contributed by atoms with Gasteiger partial charge in [0.25, 0.3) is 0 Å². The minimum atomic E-state index is -1.30. The van der Waals surface area contributed by atoms with Crippen molar-refractivity contribution >= 4 is 11.9 Å². The lowest BCUT2D eigenvalue weighted by Gasteiger charge is -2.17. The van der Waals surface area contributed by atoms with Crippen LogP contribution in [-0.4, -0.2) is 27.6 Å². The third-order valence-corrected chi connectivity index (χ3v) is 1.66. The summed E-state index contributed by atoms with van der Waals surface area (Å²) in [5.74, 6) is -2.58. The first-order chi connectivity index (χ1) is 7.74. The molecule has 0 aliphatic rings. The molecule has 1 aromatic heterocycles. The number of hydrogen-bond acceptors (Lipinski definition) is 6. The molecule has 0 saturated heterocycles. The molecule has 0 aromatic carbocycles. The van der Waals surface area contributed by atoms with Gasteiger partial charge in [0, 0.05) is 0 Å². The summed E-state index contributed by atoms with van der Waals surface area (Å²) in [6, 6.07) is 0. The second-order valence-corrected chi connectivity index (χ2v) is 4.30. The van der Waals surface area contributed by atoms with E-state index in [1.165, 1.54) is 0 Å². The molecule has 7 nitrogen and oxygen atoms in total. The SMILES string of the molecule is CC(C)(C)OC(=O)c1nc(C(=O)O)c(CN)o1. The van der Waals surface area contributed by atoms with Crippen LogP contribution in [0.4, 0.5) is 0 Å². The van der Waals surface area contributed by atoms with Crippen LogP contribution in [0.2, 0.25) is 0 Å². The van der Waals surface area contributed by atoms with Crippen molar-refractivity contribution in [2.24, 2.45) is 5.73 Å². The fraction of sp³-hybridized carbons (Fsp3) is 0.500.